The summed E-state index contributed by atoms with van der Waals surface area (Å²) >= 11 is 2.21. The van der Waals surface area contributed by atoms with Gasteiger partial charge in [-0.05, 0) is 58.0 Å². The van der Waals surface area contributed by atoms with Crippen molar-refractivity contribution < 1.29 is 0 Å². The zero-order valence-corrected chi connectivity index (χ0v) is 8.97. The molecule has 2 aromatic heterocycles. The second-order valence-electron chi connectivity index (χ2n) is 2.60. The van der Waals surface area contributed by atoms with Crippen molar-refractivity contribution in [1.82, 2.24) is 9.97 Å². The second kappa shape index (κ2) is 3.83. The van der Waals surface area contributed by atoms with Crippen molar-refractivity contribution in [3.05, 3.63) is 46.6 Å². The van der Waals surface area contributed by atoms with Gasteiger partial charge in [-0.3, -0.25) is 9.97 Å². The Hall–Kier alpha value is -0.970. The molecule has 0 radical (unpaired) electrons. The van der Waals surface area contributed by atoms with Gasteiger partial charge in [-0.15, -0.1) is 0 Å². The fourth-order valence-electron chi connectivity index (χ4n) is 1.13. The number of halogens is 1. The Labute approximate surface area is 90.2 Å². The maximum absolute atomic E-state index is 4.14. The molecule has 0 aliphatic rings. The van der Waals surface area contributed by atoms with Crippen molar-refractivity contribution in [2.45, 2.75) is 0 Å². The van der Waals surface area contributed by atoms with Gasteiger partial charge in [-0.25, -0.2) is 0 Å². The van der Waals surface area contributed by atoms with E-state index in [9.17, 15) is 0 Å². The van der Waals surface area contributed by atoms with Crippen LogP contribution in [0.3, 0.4) is 0 Å². The number of rotatable bonds is 1. The van der Waals surface area contributed by atoms with Crippen molar-refractivity contribution in [1.29, 1.82) is 0 Å². The summed E-state index contributed by atoms with van der Waals surface area (Å²) < 4.78 is 1.01. The van der Waals surface area contributed by atoms with Crippen LogP contribution < -0.4 is 0 Å². The lowest BCUT2D eigenvalue weighted by atomic mass is 10.1. The van der Waals surface area contributed by atoms with Gasteiger partial charge in [-0.2, -0.15) is 0 Å². The predicted octanol–water partition coefficient (Wildman–Crippen LogP) is 2.75. The third-order valence-electron chi connectivity index (χ3n) is 1.74. The highest BCUT2D eigenvalue weighted by molar-refractivity contribution is 14.1. The Morgan fingerprint density at radius 1 is 0.923 bits per heavy atom. The van der Waals surface area contributed by atoms with Crippen LogP contribution in [-0.4, -0.2) is 9.97 Å². The summed E-state index contributed by atoms with van der Waals surface area (Å²) in [6, 6.07) is 8.03. The second-order valence-corrected chi connectivity index (χ2v) is 3.71. The van der Waals surface area contributed by atoms with Crippen molar-refractivity contribution in [2.24, 2.45) is 0 Å². The van der Waals surface area contributed by atoms with Crippen LogP contribution in [0.2, 0.25) is 0 Å². The fourth-order valence-corrected chi connectivity index (χ4v) is 1.62. The van der Waals surface area contributed by atoms with Crippen molar-refractivity contribution >= 4 is 22.6 Å². The molecule has 2 aromatic rings. The lowest BCUT2D eigenvalue weighted by Gasteiger charge is -1.99. The van der Waals surface area contributed by atoms with E-state index in [0.717, 1.165) is 3.70 Å². The molecule has 2 nitrogen and oxygen atoms in total. The molecule has 13 heavy (non-hydrogen) atoms. The number of hydrogen-bond acceptors (Lipinski definition) is 2. The van der Waals surface area contributed by atoms with Crippen LogP contribution in [0, 0.1) is 3.70 Å². The summed E-state index contributed by atoms with van der Waals surface area (Å²) in [7, 11) is 0. The largest absolute Gasteiger partial charge is 0.265 e. The van der Waals surface area contributed by atoms with Crippen LogP contribution >= 0.6 is 22.6 Å². The molecule has 0 fully saturated rings. The first-order valence-corrected chi connectivity index (χ1v) is 4.96. The molecule has 0 spiro atoms. The molecule has 2 heterocycles. The summed E-state index contributed by atoms with van der Waals surface area (Å²) in [6.45, 7) is 0. The minimum Gasteiger partial charge on any atom is -0.265 e. The SMILES string of the molecule is Ic1cc(-c2ccncc2)ccn1. The standard InChI is InChI=1S/C10H7IN2/c11-10-7-9(3-6-13-10)8-1-4-12-5-2-8/h1-7H. The third kappa shape index (κ3) is 2.03. The zero-order chi connectivity index (χ0) is 9.10. The summed E-state index contributed by atoms with van der Waals surface area (Å²) in [5, 5.41) is 0. The molecular formula is C10H7IN2. The lowest BCUT2D eigenvalue weighted by Crippen LogP contribution is -1.82. The van der Waals surface area contributed by atoms with Gasteiger partial charge < -0.3 is 0 Å². The van der Waals surface area contributed by atoms with Crippen molar-refractivity contribution in [3.63, 3.8) is 0 Å². The zero-order valence-electron chi connectivity index (χ0n) is 6.81. The van der Waals surface area contributed by atoms with Gasteiger partial charge >= 0.3 is 0 Å². The quantitative estimate of drug-likeness (QED) is 0.593. The van der Waals surface area contributed by atoms with Gasteiger partial charge in [0.25, 0.3) is 0 Å². The normalized spacial score (nSPS) is 9.92. The van der Waals surface area contributed by atoms with E-state index in [4.69, 9.17) is 0 Å². The third-order valence-corrected chi connectivity index (χ3v) is 2.33. The summed E-state index contributed by atoms with van der Waals surface area (Å²) in [6.07, 6.45) is 5.41. The van der Waals surface area contributed by atoms with Gasteiger partial charge in [0.05, 0.1) is 0 Å². The maximum Gasteiger partial charge on any atom is 0.101 e. The van der Waals surface area contributed by atoms with Crippen LogP contribution in [0.4, 0.5) is 0 Å². The van der Waals surface area contributed by atoms with Crippen LogP contribution in [0.15, 0.2) is 42.9 Å². The minimum atomic E-state index is 1.01. The van der Waals surface area contributed by atoms with Gasteiger partial charge in [-0.1, -0.05) is 0 Å². The van der Waals surface area contributed by atoms with Crippen molar-refractivity contribution in [3.8, 4) is 11.1 Å². The van der Waals surface area contributed by atoms with Crippen molar-refractivity contribution in [2.75, 3.05) is 0 Å². The molecule has 0 unspecified atom stereocenters. The van der Waals surface area contributed by atoms with Crippen LogP contribution in [0.25, 0.3) is 11.1 Å². The summed E-state index contributed by atoms with van der Waals surface area (Å²) in [5.74, 6) is 0. The highest BCUT2D eigenvalue weighted by Crippen LogP contribution is 2.18. The predicted molar refractivity (Wildman–Crippen MR) is 60.2 cm³/mol. The average Bonchev–Trinajstić information content (AvgIpc) is 2.19. The van der Waals surface area contributed by atoms with E-state index in [-0.39, 0.29) is 0 Å². The van der Waals surface area contributed by atoms with E-state index >= 15 is 0 Å². The van der Waals surface area contributed by atoms with E-state index in [1.54, 1.807) is 12.4 Å². The van der Waals surface area contributed by atoms with E-state index in [2.05, 4.69) is 38.6 Å². The lowest BCUT2D eigenvalue weighted by molar-refractivity contribution is 1.27. The van der Waals surface area contributed by atoms with Crippen LogP contribution in [0.5, 0.6) is 0 Å². The molecule has 0 N–H and O–H groups in total. The van der Waals surface area contributed by atoms with Crippen LogP contribution in [0.1, 0.15) is 0 Å². The molecule has 0 aliphatic heterocycles. The molecule has 3 heteroatoms. The van der Waals surface area contributed by atoms with Gasteiger partial charge in [0, 0.05) is 18.6 Å². The number of hydrogen-bond donors (Lipinski definition) is 0. The van der Waals surface area contributed by atoms with Gasteiger partial charge in [0.2, 0.25) is 0 Å². The topological polar surface area (TPSA) is 25.8 Å². The first kappa shape index (κ1) is 8.62. The molecule has 2 rings (SSSR count). The van der Waals surface area contributed by atoms with E-state index in [1.165, 1.54) is 11.1 Å². The molecule has 64 valence electrons. The minimum absolute atomic E-state index is 1.01. The monoisotopic (exact) mass is 282 g/mol. The smallest absolute Gasteiger partial charge is 0.101 e. The maximum atomic E-state index is 4.14. The van der Waals surface area contributed by atoms with E-state index in [0.29, 0.717) is 0 Å². The number of aromatic nitrogens is 2. The first-order chi connectivity index (χ1) is 6.36. The Morgan fingerprint density at radius 3 is 2.31 bits per heavy atom. The highest BCUT2D eigenvalue weighted by atomic mass is 127. The summed E-state index contributed by atoms with van der Waals surface area (Å²) in [4.78, 5) is 8.11. The number of pyridine rings is 2. The molecule has 0 aliphatic carbocycles. The van der Waals surface area contributed by atoms with Gasteiger partial charge in [0.15, 0.2) is 0 Å². The fraction of sp³-hybridized carbons (Fsp3) is 0. The molecule has 0 bridgehead atoms. The molecule has 0 saturated heterocycles. The number of nitrogens with zero attached hydrogens (tertiary/aromatic N) is 2. The molecule has 0 atom stereocenters. The summed E-state index contributed by atoms with van der Waals surface area (Å²) in [5.41, 5.74) is 2.36. The Kier molecular flexibility index (Phi) is 2.54. The Bertz CT molecular complexity index is 401. The first-order valence-electron chi connectivity index (χ1n) is 3.88. The highest BCUT2D eigenvalue weighted by Gasteiger charge is 1.96. The van der Waals surface area contributed by atoms with E-state index in [1.807, 2.05) is 24.4 Å². The van der Waals surface area contributed by atoms with Crippen LogP contribution in [-0.2, 0) is 0 Å². The molecule has 0 saturated carbocycles. The Morgan fingerprint density at radius 2 is 1.62 bits per heavy atom. The van der Waals surface area contributed by atoms with Gasteiger partial charge in [0.1, 0.15) is 3.70 Å². The average molecular weight is 282 g/mol. The molecule has 0 amide bonds. The molecule has 0 aromatic carbocycles. The molecular weight excluding hydrogens is 275 g/mol. The van der Waals surface area contributed by atoms with E-state index < -0.39 is 0 Å². The Balaban J connectivity index is 2.48.